The Hall–Kier alpha value is -1.38. The fourth-order valence-corrected chi connectivity index (χ4v) is 1.58. The van der Waals surface area contributed by atoms with E-state index in [1.54, 1.807) is 4.90 Å². The fraction of sp³-hybridized carbons (Fsp3) is 0.333. The molecule has 0 spiro atoms. The van der Waals surface area contributed by atoms with E-state index in [1.807, 2.05) is 37.3 Å². The summed E-state index contributed by atoms with van der Waals surface area (Å²) in [6.07, 6.45) is 0. The number of rotatable bonds is 5. The third-order valence-corrected chi connectivity index (χ3v) is 2.77. The van der Waals surface area contributed by atoms with Crippen molar-refractivity contribution >= 4 is 27.5 Å². The number of nitriles is 1. The fourth-order valence-electron chi connectivity index (χ4n) is 1.32. The van der Waals surface area contributed by atoms with Crippen molar-refractivity contribution in [2.45, 2.75) is 6.92 Å². The molecule has 4 nitrogen and oxygen atoms in total. The van der Waals surface area contributed by atoms with Crippen LogP contribution in [0.25, 0.3) is 0 Å². The number of nitrogens with zero attached hydrogens (tertiary/aromatic N) is 2. The zero-order valence-corrected chi connectivity index (χ0v) is 11.2. The smallest absolute Gasteiger partial charge is 0.238 e. The predicted molar refractivity (Wildman–Crippen MR) is 70.5 cm³/mol. The number of hydrogen-bond donors (Lipinski definition) is 1. The predicted octanol–water partition coefficient (Wildman–Crippen LogP) is 2.23. The molecule has 90 valence electrons. The molecular formula is C12H14BrN3O. The number of anilines is 1. The first-order valence-electron chi connectivity index (χ1n) is 5.30. The topological polar surface area (TPSA) is 56.1 Å². The first-order chi connectivity index (χ1) is 8.15. The van der Waals surface area contributed by atoms with Gasteiger partial charge in [-0.3, -0.25) is 9.69 Å². The van der Waals surface area contributed by atoms with Gasteiger partial charge in [0.25, 0.3) is 0 Å². The third kappa shape index (κ3) is 4.98. The molecule has 0 saturated heterocycles. The van der Waals surface area contributed by atoms with Crippen LogP contribution in [0.3, 0.4) is 0 Å². The van der Waals surface area contributed by atoms with Gasteiger partial charge in [0, 0.05) is 10.2 Å². The average Bonchev–Trinajstić information content (AvgIpc) is 2.31. The quantitative estimate of drug-likeness (QED) is 0.848. The molecular weight excluding hydrogens is 282 g/mol. The van der Waals surface area contributed by atoms with Crippen LogP contribution >= 0.6 is 15.9 Å². The van der Waals surface area contributed by atoms with Gasteiger partial charge in [0.15, 0.2) is 0 Å². The molecule has 1 aromatic rings. The number of carbonyl (C=O) groups is 1. The molecule has 0 fully saturated rings. The molecule has 0 saturated carbocycles. The van der Waals surface area contributed by atoms with Crippen molar-refractivity contribution in [3.63, 3.8) is 0 Å². The maximum atomic E-state index is 11.7. The van der Waals surface area contributed by atoms with E-state index >= 15 is 0 Å². The van der Waals surface area contributed by atoms with Gasteiger partial charge < -0.3 is 5.32 Å². The van der Waals surface area contributed by atoms with Crippen molar-refractivity contribution in [2.75, 3.05) is 25.0 Å². The van der Waals surface area contributed by atoms with Gasteiger partial charge in [-0.15, -0.1) is 0 Å². The molecule has 17 heavy (non-hydrogen) atoms. The number of hydrogen-bond acceptors (Lipinski definition) is 3. The molecule has 1 amide bonds. The normalized spacial score (nSPS) is 10.0. The Morgan fingerprint density at radius 3 is 2.65 bits per heavy atom. The molecule has 0 radical (unpaired) electrons. The van der Waals surface area contributed by atoms with Crippen LogP contribution in [0.1, 0.15) is 6.92 Å². The molecule has 0 aliphatic carbocycles. The van der Waals surface area contributed by atoms with Crippen LogP contribution in [0.4, 0.5) is 5.69 Å². The summed E-state index contributed by atoms with van der Waals surface area (Å²) in [6.45, 7) is 3.11. The molecule has 1 aromatic carbocycles. The number of benzene rings is 1. The van der Waals surface area contributed by atoms with Gasteiger partial charge in [0.1, 0.15) is 0 Å². The molecule has 1 N–H and O–H groups in total. The molecule has 0 aliphatic heterocycles. The molecule has 1 rings (SSSR count). The van der Waals surface area contributed by atoms with Crippen molar-refractivity contribution in [1.82, 2.24) is 4.90 Å². The largest absolute Gasteiger partial charge is 0.325 e. The lowest BCUT2D eigenvalue weighted by Crippen LogP contribution is -2.33. The van der Waals surface area contributed by atoms with Crippen LogP contribution < -0.4 is 5.32 Å². The van der Waals surface area contributed by atoms with Gasteiger partial charge >= 0.3 is 0 Å². The van der Waals surface area contributed by atoms with Gasteiger partial charge in [0.2, 0.25) is 5.91 Å². The lowest BCUT2D eigenvalue weighted by molar-refractivity contribution is -0.117. The van der Waals surface area contributed by atoms with Crippen LogP contribution in [0.15, 0.2) is 28.7 Å². The lowest BCUT2D eigenvalue weighted by atomic mass is 10.3. The summed E-state index contributed by atoms with van der Waals surface area (Å²) in [7, 11) is 0. The summed E-state index contributed by atoms with van der Waals surface area (Å²) in [4.78, 5) is 13.4. The van der Waals surface area contributed by atoms with Crippen LogP contribution in [0.2, 0.25) is 0 Å². The Bertz CT molecular complexity index is 411. The van der Waals surface area contributed by atoms with Gasteiger partial charge in [-0.2, -0.15) is 5.26 Å². The second-order valence-corrected chi connectivity index (χ2v) is 4.43. The van der Waals surface area contributed by atoms with Crippen LogP contribution in [-0.4, -0.2) is 30.4 Å². The van der Waals surface area contributed by atoms with E-state index in [0.29, 0.717) is 6.54 Å². The summed E-state index contributed by atoms with van der Waals surface area (Å²) in [5.41, 5.74) is 0.756. The summed E-state index contributed by atoms with van der Waals surface area (Å²) in [5.74, 6) is -0.107. The van der Waals surface area contributed by atoms with Crippen molar-refractivity contribution < 1.29 is 4.79 Å². The Morgan fingerprint density at radius 2 is 2.12 bits per heavy atom. The molecule has 0 atom stereocenters. The summed E-state index contributed by atoms with van der Waals surface area (Å²) in [5, 5.41) is 11.4. The van der Waals surface area contributed by atoms with Crippen molar-refractivity contribution in [3.05, 3.63) is 28.7 Å². The SMILES string of the molecule is CCN(CC#N)CC(=O)Nc1ccc(Br)cc1. The maximum absolute atomic E-state index is 11.7. The summed E-state index contributed by atoms with van der Waals surface area (Å²) in [6, 6.07) is 9.41. The van der Waals surface area contributed by atoms with E-state index < -0.39 is 0 Å². The maximum Gasteiger partial charge on any atom is 0.238 e. The first-order valence-corrected chi connectivity index (χ1v) is 6.09. The number of likely N-dealkylation sites (N-methyl/N-ethyl adjacent to an activating group) is 1. The Labute approximate surface area is 109 Å². The molecule has 0 bridgehead atoms. The van der Waals surface area contributed by atoms with E-state index in [2.05, 4.69) is 21.2 Å². The minimum Gasteiger partial charge on any atom is -0.325 e. The number of nitrogens with one attached hydrogen (secondary N) is 1. The average molecular weight is 296 g/mol. The Balaban J connectivity index is 2.49. The second-order valence-electron chi connectivity index (χ2n) is 3.52. The molecule has 0 aromatic heterocycles. The van der Waals surface area contributed by atoms with Gasteiger partial charge in [-0.1, -0.05) is 22.9 Å². The highest BCUT2D eigenvalue weighted by molar-refractivity contribution is 9.10. The molecule has 0 aliphatic rings. The molecule has 5 heteroatoms. The minimum absolute atomic E-state index is 0.107. The van der Waals surface area contributed by atoms with Crippen molar-refractivity contribution in [2.24, 2.45) is 0 Å². The summed E-state index contributed by atoms with van der Waals surface area (Å²) >= 11 is 3.33. The van der Waals surface area contributed by atoms with Crippen LogP contribution in [0.5, 0.6) is 0 Å². The summed E-state index contributed by atoms with van der Waals surface area (Å²) < 4.78 is 0.968. The monoisotopic (exact) mass is 295 g/mol. The Morgan fingerprint density at radius 1 is 1.47 bits per heavy atom. The van der Waals surface area contributed by atoms with E-state index in [9.17, 15) is 4.79 Å². The van der Waals surface area contributed by atoms with E-state index in [-0.39, 0.29) is 19.0 Å². The number of halogens is 1. The van der Waals surface area contributed by atoms with Crippen molar-refractivity contribution in [3.8, 4) is 6.07 Å². The lowest BCUT2D eigenvalue weighted by Gasteiger charge is -2.15. The standard InChI is InChI=1S/C12H14BrN3O/c1-2-16(8-7-14)9-12(17)15-11-5-3-10(13)4-6-11/h3-6H,2,8-9H2,1H3,(H,15,17). The van der Waals surface area contributed by atoms with Gasteiger partial charge in [0.05, 0.1) is 19.2 Å². The number of amides is 1. The number of carbonyl (C=O) groups excluding carboxylic acids is 1. The van der Waals surface area contributed by atoms with Crippen LogP contribution in [-0.2, 0) is 4.79 Å². The first kappa shape index (κ1) is 13.7. The molecule has 0 heterocycles. The second kappa shape index (κ2) is 7.05. The third-order valence-electron chi connectivity index (χ3n) is 2.24. The highest BCUT2D eigenvalue weighted by Crippen LogP contribution is 2.13. The van der Waals surface area contributed by atoms with E-state index in [4.69, 9.17) is 5.26 Å². The van der Waals surface area contributed by atoms with Gasteiger partial charge in [-0.25, -0.2) is 0 Å². The molecule has 0 unspecified atom stereocenters. The van der Waals surface area contributed by atoms with Crippen LogP contribution in [0, 0.1) is 11.3 Å². The highest BCUT2D eigenvalue weighted by Gasteiger charge is 2.08. The Kier molecular flexibility index (Phi) is 5.67. The van der Waals surface area contributed by atoms with E-state index in [1.165, 1.54) is 0 Å². The highest BCUT2D eigenvalue weighted by atomic mass is 79.9. The van der Waals surface area contributed by atoms with E-state index in [0.717, 1.165) is 10.2 Å². The van der Waals surface area contributed by atoms with Crippen molar-refractivity contribution in [1.29, 1.82) is 5.26 Å². The minimum atomic E-state index is -0.107. The zero-order valence-electron chi connectivity index (χ0n) is 9.61. The zero-order chi connectivity index (χ0) is 12.7. The van der Waals surface area contributed by atoms with Gasteiger partial charge in [-0.05, 0) is 30.8 Å².